The molecule has 4 aliphatic rings. The van der Waals surface area contributed by atoms with Crippen molar-refractivity contribution in [2.75, 3.05) is 0 Å². The van der Waals surface area contributed by atoms with Crippen LogP contribution in [0.1, 0.15) is 60.8 Å². The normalized spacial score (nSPS) is 15.6. The van der Waals surface area contributed by atoms with Gasteiger partial charge in [-0.25, -0.2) is 24.0 Å². The van der Waals surface area contributed by atoms with Gasteiger partial charge in [-0.05, 0) is 12.8 Å². The quantitative estimate of drug-likeness (QED) is 0.200. The van der Waals surface area contributed by atoms with Crippen molar-refractivity contribution in [3.05, 3.63) is 94.8 Å². The molecule has 203 valence electrons. The second-order valence-corrected chi connectivity index (χ2v) is 18.6. The third-order valence-electron chi connectivity index (χ3n) is 6.27. The summed E-state index contributed by atoms with van der Waals surface area (Å²) in [6, 6.07) is 17.7. The molecule has 0 fully saturated rings. The molecule has 0 bridgehead atoms. The molecule has 38 heavy (non-hydrogen) atoms. The largest absolute Gasteiger partial charge is 2.00 e. The van der Waals surface area contributed by atoms with Gasteiger partial charge in [-0.1, -0.05) is 138 Å². The van der Waals surface area contributed by atoms with E-state index >= 15 is 0 Å². The minimum atomic E-state index is 0. The predicted octanol–water partition coefficient (Wildman–Crippen LogP) is 10.0. The molecule has 0 N–H and O–H groups in total. The molecule has 0 spiro atoms. The summed E-state index contributed by atoms with van der Waals surface area (Å²) in [5.74, 6) is 0. The van der Waals surface area contributed by atoms with E-state index in [0.29, 0.717) is 0 Å². The van der Waals surface area contributed by atoms with Crippen LogP contribution >= 0.6 is 0 Å². The minimum absolute atomic E-state index is 0. The van der Waals surface area contributed by atoms with Crippen LogP contribution in [0.2, 0.25) is 52.4 Å². The zero-order chi connectivity index (χ0) is 27.2. The van der Waals surface area contributed by atoms with Crippen LogP contribution in [0.25, 0.3) is 11.1 Å². The zero-order valence-electron chi connectivity index (χ0n) is 25.5. The Kier molecular flexibility index (Phi) is 17.9. The van der Waals surface area contributed by atoms with Gasteiger partial charge in [0.15, 0.2) is 0 Å². The molecule has 0 saturated heterocycles. The van der Waals surface area contributed by atoms with Gasteiger partial charge in [0.1, 0.15) is 0 Å². The Hall–Kier alpha value is -0.806. The van der Waals surface area contributed by atoms with Crippen molar-refractivity contribution in [3.63, 3.8) is 0 Å². The van der Waals surface area contributed by atoms with E-state index in [4.69, 9.17) is 0 Å². The maximum atomic E-state index is 2.43. The van der Waals surface area contributed by atoms with Gasteiger partial charge in [0.2, 0.25) is 0 Å². The average molecular weight is 635 g/mol. The summed E-state index contributed by atoms with van der Waals surface area (Å²) in [6.07, 6.45) is 15.1. The zero-order valence-corrected chi connectivity index (χ0v) is 31.1. The molecule has 0 atom stereocenters. The van der Waals surface area contributed by atoms with Crippen molar-refractivity contribution >= 4 is 38.3 Å². The first-order valence-corrected chi connectivity index (χ1v) is 22.6. The second-order valence-electron chi connectivity index (χ2n) is 11.4. The molecular weight excluding hydrogens is 584 g/mol. The molecular formula is C34H51Si3Zr. The van der Waals surface area contributed by atoms with Crippen molar-refractivity contribution in [3.8, 4) is 0 Å². The fourth-order valence-corrected chi connectivity index (χ4v) is 5.00. The molecule has 0 nitrogen and oxygen atoms in total. The van der Waals surface area contributed by atoms with Gasteiger partial charge in [0.05, 0.1) is 0 Å². The maximum absolute atomic E-state index is 2.43. The van der Waals surface area contributed by atoms with Crippen LogP contribution in [0.3, 0.4) is 0 Å². The Balaban J connectivity index is 0.000000272. The SMILES string of the molecule is C[SiH]C.C[Si](C)C.C[Si](C)C.[Zr+2].c1ccc2c(c1)CC1=C2CCC[CH-]1.c1ccc2c(c1)CC1=C2CCC[CH-]1. The van der Waals surface area contributed by atoms with Gasteiger partial charge in [0, 0.05) is 27.1 Å². The van der Waals surface area contributed by atoms with Gasteiger partial charge in [-0.3, -0.25) is 0 Å². The van der Waals surface area contributed by atoms with Crippen LogP contribution in [0.5, 0.6) is 0 Å². The smallest absolute Gasteiger partial charge is 0.226 e. The number of fused-ring (bicyclic) bond motifs is 4. The van der Waals surface area contributed by atoms with Crippen molar-refractivity contribution in [1.29, 1.82) is 0 Å². The average Bonchev–Trinajstić information content (AvgIpc) is 3.43. The van der Waals surface area contributed by atoms with Gasteiger partial charge in [-0.2, -0.15) is 11.1 Å². The number of hydrogen-bond acceptors (Lipinski definition) is 0. The number of hydrogen-bond donors (Lipinski definition) is 0. The van der Waals surface area contributed by atoms with E-state index < -0.39 is 0 Å². The van der Waals surface area contributed by atoms with E-state index in [1.165, 1.54) is 73.6 Å². The molecule has 0 unspecified atom stereocenters. The third-order valence-corrected chi connectivity index (χ3v) is 6.27. The Morgan fingerprint density at radius 3 is 1.26 bits per heavy atom. The first kappa shape index (κ1) is 35.2. The second kappa shape index (κ2) is 19.3. The molecule has 0 heterocycles. The van der Waals surface area contributed by atoms with E-state index in [1.807, 2.05) is 0 Å². The molecule has 2 aromatic rings. The third kappa shape index (κ3) is 11.7. The summed E-state index contributed by atoms with van der Waals surface area (Å²) < 4.78 is 0. The molecule has 6 rings (SSSR count). The number of benzene rings is 2. The van der Waals surface area contributed by atoms with Crippen LogP contribution in [0.15, 0.2) is 59.7 Å². The standard InChI is InChI=1S/2C13H13.2C3H9Si.C2H7Si.Zr/c2*1-3-7-12-10(5-1)9-11-6-2-4-8-13(11)12;2*1-4(2)3;1-3-2;/h2*1,3,5-7H,2,4,8-9H2;2*1-3H3;3H,1-2H3;/q2*-1;;;;+2. The predicted molar refractivity (Wildman–Crippen MR) is 176 cm³/mol. The van der Waals surface area contributed by atoms with Crippen molar-refractivity contribution in [2.24, 2.45) is 0 Å². The van der Waals surface area contributed by atoms with Gasteiger partial charge < -0.3 is 0 Å². The molecule has 3 radical (unpaired) electrons. The molecule has 0 aromatic heterocycles. The first-order chi connectivity index (χ1) is 17.8. The van der Waals surface area contributed by atoms with E-state index in [2.05, 4.69) is 114 Å². The summed E-state index contributed by atoms with van der Waals surface area (Å²) >= 11 is 0. The van der Waals surface area contributed by atoms with E-state index in [1.54, 1.807) is 22.3 Å². The summed E-state index contributed by atoms with van der Waals surface area (Å²) in [5, 5.41) is 0. The van der Waals surface area contributed by atoms with Crippen LogP contribution in [0.4, 0.5) is 0 Å². The van der Waals surface area contributed by atoms with Crippen molar-refractivity contribution in [2.45, 2.75) is 104 Å². The monoisotopic (exact) mass is 633 g/mol. The van der Waals surface area contributed by atoms with E-state index in [0.717, 1.165) is 9.52 Å². The van der Waals surface area contributed by atoms with Crippen LogP contribution in [-0.4, -0.2) is 27.1 Å². The number of allylic oxidation sites excluding steroid dienone is 4. The van der Waals surface area contributed by atoms with Crippen LogP contribution in [0, 0.1) is 12.8 Å². The summed E-state index contributed by atoms with van der Waals surface area (Å²) in [6.45, 7) is 18.0. The molecule has 4 heteroatoms. The minimum Gasteiger partial charge on any atom is -0.226 e. The van der Waals surface area contributed by atoms with Crippen molar-refractivity contribution < 1.29 is 26.2 Å². The van der Waals surface area contributed by atoms with E-state index in [9.17, 15) is 0 Å². The molecule has 4 aliphatic carbocycles. The molecule has 0 aliphatic heterocycles. The Labute approximate surface area is 261 Å². The van der Waals surface area contributed by atoms with Gasteiger partial charge in [-0.15, -0.1) is 24.0 Å². The van der Waals surface area contributed by atoms with Crippen LogP contribution in [-0.2, 0) is 39.0 Å². The van der Waals surface area contributed by atoms with E-state index in [-0.39, 0.29) is 43.8 Å². The summed E-state index contributed by atoms with van der Waals surface area (Å²) in [4.78, 5) is 0. The van der Waals surface area contributed by atoms with Crippen LogP contribution < -0.4 is 0 Å². The van der Waals surface area contributed by atoms with Gasteiger partial charge >= 0.3 is 26.2 Å². The Bertz CT molecular complexity index is 933. The molecule has 2 aromatic carbocycles. The Morgan fingerprint density at radius 1 is 0.605 bits per heavy atom. The fourth-order valence-electron chi connectivity index (χ4n) is 5.00. The maximum Gasteiger partial charge on any atom is 2.00 e. The summed E-state index contributed by atoms with van der Waals surface area (Å²) in [5.41, 5.74) is 12.6. The summed E-state index contributed by atoms with van der Waals surface area (Å²) in [7, 11) is 0.991. The number of rotatable bonds is 0. The first-order valence-electron chi connectivity index (χ1n) is 14.3. The topological polar surface area (TPSA) is 0 Å². The van der Waals surface area contributed by atoms with Crippen molar-refractivity contribution in [1.82, 2.24) is 0 Å². The van der Waals surface area contributed by atoms with Gasteiger partial charge in [0.25, 0.3) is 0 Å². The fraction of sp³-hybridized carbons (Fsp3) is 0.471. The Morgan fingerprint density at radius 2 is 0.921 bits per heavy atom. The molecule has 0 amide bonds. The molecule has 0 saturated carbocycles.